The summed E-state index contributed by atoms with van der Waals surface area (Å²) >= 11 is 5.72. The molecule has 0 radical (unpaired) electrons. The second-order valence-corrected chi connectivity index (χ2v) is 5.38. The minimum Gasteiger partial charge on any atom is -0.396 e. The average molecular weight is 300 g/mol. The molecule has 1 aromatic heterocycles. The Morgan fingerprint density at radius 3 is 2.95 bits per heavy atom. The predicted molar refractivity (Wildman–Crippen MR) is 75.5 cm³/mol. The Hall–Kier alpha value is -1.21. The molecule has 1 aromatic rings. The molecule has 2 heterocycles. The van der Waals surface area contributed by atoms with E-state index in [1.54, 1.807) is 12.1 Å². The van der Waals surface area contributed by atoms with Crippen LogP contribution in [-0.4, -0.2) is 58.3 Å². The Morgan fingerprint density at radius 1 is 1.55 bits per heavy atom. The molecular weight excluding hydrogens is 282 g/mol. The van der Waals surface area contributed by atoms with Gasteiger partial charge in [-0.15, -0.1) is 0 Å². The first kappa shape index (κ1) is 15.2. The van der Waals surface area contributed by atoms with Crippen LogP contribution in [0, 0.1) is 5.92 Å². The molecule has 7 heteroatoms. The molecule has 1 amide bonds. The largest absolute Gasteiger partial charge is 0.396 e. The van der Waals surface area contributed by atoms with Crippen molar-refractivity contribution in [2.45, 2.75) is 12.5 Å². The van der Waals surface area contributed by atoms with Crippen molar-refractivity contribution in [2.75, 3.05) is 31.6 Å². The number of carbonyl (C=O) groups is 1. The first-order valence-corrected chi connectivity index (χ1v) is 6.89. The number of anilines is 1. The molecule has 0 bridgehead atoms. The van der Waals surface area contributed by atoms with E-state index in [0.29, 0.717) is 30.4 Å². The maximum atomic E-state index is 11.9. The van der Waals surface area contributed by atoms with Gasteiger partial charge in [0.1, 0.15) is 5.82 Å². The van der Waals surface area contributed by atoms with Gasteiger partial charge in [-0.05, 0) is 25.1 Å². The lowest BCUT2D eigenvalue weighted by atomic mass is 9.95. The van der Waals surface area contributed by atoms with Crippen LogP contribution in [0.1, 0.15) is 6.42 Å². The summed E-state index contributed by atoms with van der Waals surface area (Å²) in [6.45, 7) is 1.26. The number of piperidine rings is 1. The lowest BCUT2D eigenvalue weighted by molar-refractivity contribution is -0.118. The summed E-state index contributed by atoms with van der Waals surface area (Å²) in [6, 6.07) is 3.29. The van der Waals surface area contributed by atoms with Crippen molar-refractivity contribution in [3.63, 3.8) is 0 Å². The fourth-order valence-electron chi connectivity index (χ4n) is 2.24. The summed E-state index contributed by atoms with van der Waals surface area (Å²) in [6.07, 6.45) is 1.56. The van der Waals surface area contributed by atoms with Crippen LogP contribution in [0.15, 0.2) is 18.3 Å². The van der Waals surface area contributed by atoms with Gasteiger partial charge in [-0.25, -0.2) is 4.98 Å². The van der Waals surface area contributed by atoms with E-state index in [0.717, 1.165) is 0 Å². The van der Waals surface area contributed by atoms with E-state index >= 15 is 0 Å². The minimum absolute atomic E-state index is 0.0180. The van der Waals surface area contributed by atoms with Gasteiger partial charge >= 0.3 is 0 Å². The number of hydrogen-bond donors (Lipinski definition) is 3. The highest BCUT2D eigenvalue weighted by Crippen LogP contribution is 2.17. The van der Waals surface area contributed by atoms with Crippen molar-refractivity contribution in [3.05, 3.63) is 23.4 Å². The molecule has 1 fully saturated rings. The van der Waals surface area contributed by atoms with Crippen molar-refractivity contribution in [1.82, 2.24) is 9.88 Å². The Labute approximate surface area is 122 Å². The number of β-amino-alcohol motifs (C(OH)–C–C–N with tert-alkyl or cyclic N) is 1. The number of hydrogen-bond acceptors (Lipinski definition) is 5. The molecular formula is C13H18ClN3O3. The molecule has 6 nitrogen and oxygen atoms in total. The smallest absolute Gasteiger partial charge is 0.239 e. The van der Waals surface area contributed by atoms with Crippen molar-refractivity contribution in [2.24, 2.45) is 5.92 Å². The number of nitrogens with zero attached hydrogens (tertiary/aromatic N) is 2. The molecule has 0 saturated carbocycles. The van der Waals surface area contributed by atoms with E-state index in [2.05, 4.69) is 10.3 Å². The SMILES string of the molecule is O=C(CN1CC[C@H](CO)[C@@H](O)C1)Nc1ccc(Cl)cn1. The fourth-order valence-corrected chi connectivity index (χ4v) is 2.35. The van der Waals surface area contributed by atoms with Crippen LogP contribution in [0.5, 0.6) is 0 Å². The van der Waals surface area contributed by atoms with E-state index in [9.17, 15) is 9.90 Å². The molecule has 0 aromatic carbocycles. The lowest BCUT2D eigenvalue weighted by Crippen LogP contribution is -2.47. The number of rotatable bonds is 4. The van der Waals surface area contributed by atoms with Crippen molar-refractivity contribution >= 4 is 23.3 Å². The van der Waals surface area contributed by atoms with Gasteiger partial charge in [-0.2, -0.15) is 0 Å². The molecule has 3 N–H and O–H groups in total. The maximum absolute atomic E-state index is 11.9. The molecule has 1 aliphatic heterocycles. The van der Waals surface area contributed by atoms with Gasteiger partial charge in [0, 0.05) is 25.3 Å². The second-order valence-electron chi connectivity index (χ2n) is 4.94. The molecule has 0 aliphatic carbocycles. The third kappa shape index (κ3) is 4.14. The Bertz CT molecular complexity index is 455. The standard InChI is InChI=1S/C13H18ClN3O3/c14-10-1-2-12(15-5-10)16-13(20)7-17-4-3-9(8-18)11(19)6-17/h1-2,5,9,11,18-19H,3-4,6-8H2,(H,15,16,20)/t9-,11+/m1/s1. The maximum Gasteiger partial charge on any atom is 0.239 e. The number of nitrogens with one attached hydrogen (secondary N) is 1. The van der Waals surface area contributed by atoms with Gasteiger partial charge in [-0.3, -0.25) is 9.69 Å². The number of pyridine rings is 1. The summed E-state index contributed by atoms with van der Waals surface area (Å²) < 4.78 is 0. The molecule has 2 atom stereocenters. The minimum atomic E-state index is -0.588. The van der Waals surface area contributed by atoms with E-state index in [4.69, 9.17) is 16.7 Å². The number of aliphatic hydroxyl groups excluding tert-OH is 2. The van der Waals surface area contributed by atoms with Crippen LogP contribution < -0.4 is 5.32 Å². The van der Waals surface area contributed by atoms with Crippen molar-refractivity contribution in [3.8, 4) is 0 Å². The van der Waals surface area contributed by atoms with Crippen molar-refractivity contribution < 1.29 is 15.0 Å². The zero-order chi connectivity index (χ0) is 14.5. The Morgan fingerprint density at radius 2 is 2.35 bits per heavy atom. The van der Waals surface area contributed by atoms with Gasteiger partial charge in [0.2, 0.25) is 5.91 Å². The van der Waals surface area contributed by atoms with Crippen LogP contribution in [0.3, 0.4) is 0 Å². The molecule has 0 unspecified atom stereocenters. The zero-order valence-corrected chi connectivity index (χ0v) is 11.8. The van der Waals surface area contributed by atoms with Crippen LogP contribution in [0.4, 0.5) is 5.82 Å². The number of likely N-dealkylation sites (tertiary alicyclic amines) is 1. The van der Waals surface area contributed by atoms with E-state index in [1.165, 1.54) is 6.20 Å². The number of aromatic nitrogens is 1. The average Bonchev–Trinajstić information content (AvgIpc) is 2.41. The van der Waals surface area contributed by atoms with Gasteiger partial charge in [0.25, 0.3) is 0 Å². The lowest BCUT2D eigenvalue weighted by Gasteiger charge is -2.34. The highest BCUT2D eigenvalue weighted by Gasteiger charge is 2.27. The molecule has 1 aliphatic rings. The third-order valence-electron chi connectivity index (χ3n) is 3.40. The number of carbonyl (C=O) groups excluding carboxylic acids is 1. The molecule has 20 heavy (non-hydrogen) atoms. The Balaban J connectivity index is 1.81. The van der Waals surface area contributed by atoms with Crippen molar-refractivity contribution in [1.29, 1.82) is 0 Å². The first-order valence-electron chi connectivity index (χ1n) is 6.51. The summed E-state index contributed by atoms with van der Waals surface area (Å²) in [7, 11) is 0. The second kappa shape index (κ2) is 6.99. The topological polar surface area (TPSA) is 85.7 Å². The van der Waals surface area contributed by atoms with Crippen LogP contribution >= 0.6 is 11.6 Å². The number of amides is 1. The molecule has 2 rings (SSSR count). The summed E-state index contributed by atoms with van der Waals surface area (Å²) in [5, 5.41) is 22.1. The van der Waals surface area contributed by atoms with Crippen LogP contribution in [0.2, 0.25) is 5.02 Å². The Kier molecular flexibility index (Phi) is 5.31. The first-order chi connectivity index (χ1) is 9.58. The fraction of sp³-hybridized carbons (Fsp3) is 0.538. The number of halogens is 1. The normalized spacial score (nSPS) is 23.6. The highest BCUT2D eigenvalue weighted by atomic mass is 35.5. The molecule has 1 saturated heterocycles. The van der Waals surface area contributed by atoms with Crippen LogP contribution in [0.25, 0.3) is 0 Å². The summed E-state index contributed by atoms with van der Waals surface area (Å²) in [5.74, 6) is 0.173. The summed E-state index contributed by atoms with van der Waals surface area (Å²) in [4.78, 5) is 17.7. The summed E-state index contributed by atoms with van der Waals surface area (Å²) in [5.41, 5.74) is 0. The highest BCUT2D eigenvalue weighted by molar-refractivity contribution is 6.30. The van der Waals surface area contributed by atoms with Gasteiger partial charge < -0.3 is 15.5 Å². The molecule has 0 spiro atoms. The van der Waals surface area contributed by atoms with E-state index < -0.39 is 6.10 Å². The zero-order valence-electron chi connectivity index (χ0n) is 11.0. The predicted octanol–water partition coefficient (Wildman–Crippen LogP) is 0.349. The quantitative estimate of drug-likeness (QED) is 0.747. The van der Waals surface area contributed by atoms with Crippen LogP contribution in [-0.2, 0) is 4.79 Å². The van der Waals surface area contributed by atoms with E-state index in [-0.39, 0.29) is 25.0 Å². The van der Waals surface area contributed by atoms with E-state index in [1.807, 2.05) is 4.90 Å². The van der Waals surface area contributed by atoms with Gasteiger partial charge in [0.05, 0.1) is 17.7 Å². The monoisotopic (exact) mass is 299 g/mol. The van der Waals surface area contributed by atoms with Gasteiger partial charge in [-0.1, -0.05) is 11.6 Å². The van der Waals surface area contributed by atoms with Gasteiger partial charge in [0.15, 0.2) is 0 Å². The third-order valence-corrected chi connectivity index (χ3v) is 3.63. The molecule has 110 valence electrons. The number of aliphatic hydroxyl groups is 2.